The molecule has 0 saturated carbocycles. The Bertz CT molecular complexity index is 277. The molecule has 0 aromatic rings. The van der Waals surface area contributed by atoms with Gasteiger partial charge in [0.2, 0.25) is 11.8 Å². The molecule has 0 bridgehead atoms. The van der Waals surface area contributed by atoms with Gasteiger partial charge in [-0.05, 0) is 39.2 Å². The second-order valence-electron chi connectivity index (χ2n) is 5.46. The van der Waals surface area contributed by atoms with E-state index in [2.05, 4.69) is 17.6 Å². The molecule has 0 aliphatic carbocycles. The molecule has 4 N–H and O–H groups in total. The smallest absolute Gasteiger partial charge is 0.227 e. The molecule has 18 heavy (non-hydrogen) atoms. The van der Waals surface area contributed by atoms with Gasteiger partial charge in [0.15, 0.2) is 0 Å². The van der Waals surface area contributed by atoms with Crippen LogP contribution in [0, 0.1) is 11.3 Å². The molecule has 1 unspecified atom stereocenters. The van der Waals surface area contributed by atoms with Crippen LogP contribution < -0.4 is 16.4 Å². The molecule has 0 radical (unpaired) electrons. The van der Waals surface area contributed by atoms with Gasteiger partial charge in [-0.2, -0.15) is 0 Å². The maximum Gasteiger partial charge on any atom is 0.227 e. The van der Waals surface area contributed by atoms with Crippen LogP contribution in [0.3, 0.4) is 0 Å². The maximum absolute atomic E-state index is 11.6. The highest BCUT2D eigenvalue weighted by molar-refractivity contribution is 5.83. The van der Waals surface area contributed by atoms with Gasteiger partial charge in [-0.15, -0.1) is 0 Å². The summed E-state index contributed by atoms with van der Waals surface area (Å²) in [5.74, 6) is 0.392. The zero-order valence-electron chi connectivity index (χ0n) is 12.0. The Hall–Kier alpha value is -1.10. The minimum absolute atomic E-state index is 0.00384. The van der Waals surface area contributed by atoms with Crippen molar-refractivity contribution >= 4 is 11.8 Å². The standard InChI is InChI=1S/C13H27N3O2/c1-10(7-8-14)5-6-11(17)16-9-13(2,3)12(18)15-4/h10H,5-9,14H2,1-4H3,(H,15,18)(H,16,17). The Kier molecular flexibility index (Phi) is 7.59. The highest BCUT2D eigenvalue weighted by atomic mass is 16.2. The van der Waals surface area contributed by atoms with Crippen LogP contribution in [0.2, 0.25) is 0 Å². The summed E-state index contributed by atoms with van der Waals surface area (Å²) in [7, 11) is 1.60. The summed E-state index contributed by atoms with van der Waals surface area (Å²) in [6.07, 6.45) is 2.27. The lowest BCUT2D eigenvalue weighted by Gasteiger charge is -2.23. The van der Waals surface area contributed by atoms with Crippen molar-refractivity contribution in [3.05, 3.63) is 0 Å². The molecule has 0 spiro atoms. The van der Waals surface area contributed by atoms with Crippen LogP contribution in [0.1, 0.15) is 40.0 Å². The zero-order chi connectivity index (χ0) is 14.2. The lowest BCUT2D eigenvalue weighted by molar-refractivity contribution is -0.129. The van der Waals surface area contributed by atoms with E-state index in [-0.39, 0.29) is 11.8 Å². The molecule has 0 aromatic carbocycles. The Morgan fingerprint density at radius 3 is 2.39 bits per heavy atom. The average molecular weight is 257 g/mol. The average Bonchev–Trinajstić information content (AvgIpc) is 2.33. The third kappa shape index (κ3) is 6.59. The molecule has 106 valence electrons. The number of nitrogens with one attached hydrogen (secondary N) is 2. The fraction of sp³-hybridized carbons (Fsp3) is 0.846. The van der Waals surface area contributed by atoms with E-state index in [9.17, 15) is 9.59 Å². The monoisotopic (exact) mass is 257 g/mol. The molecule has 0 aliphatic rings. The van der Waals surface area contributed by atoms with Crippen molar-refractivity contribution in [1.82, 2.24) is 10.6 Å². The molecule has 2 amide bonds. The van der Waals surface area contributed by atoms with Crippen molar-refractivity contribution in [2.24, 2.45) is 17.1 Å². The van der Waals surface area contributed by atoms with Crippen molar-refractivity contribution in [3.8, 4) is 0 Å². The molecule has 0 saturated heterocycles. The highest BCUT2D eigenvalue weighted by Gasteiger charge is 2.26. The number of rotatable bonds is 8. The van der Waals surface area contributed by atoms with E-state index >= 15 is 0 Å². The number of hydrogen-bond donors (Lipinski definition) is 3. The van der Waals surface area contributed by atoms with E-state index in [1.807, 2.05) is 13.8 Å². The summed E-state index contributed by atoms with van der Waals surface area (Å²) in [6, 6.07) is 0. The second-order valence-corrected chi connectivity index (χ2v) is 5.46. The fourth-order valence-electron chi connectivity index (χ4n) is 1.63. The topological polar surface area (TPSA) is 84.2 Å². The first-order valence-electron chi connectivity index (χ1n) is 6.52. The lowest BCUT2D eigenvalue weighted by atomic mass is 9.92. The molecule has 1 atom stereocenters. The quantitative estimate of drug-likeness (QED) is 0.596. The van der Waals surface area contributed by atoms with Gasteiger partial charge in [-0.25, -0.2) is 0 Å². The summed E-state index contributed by atoms with van der Waals surface area (Å²) >= 11 is 0. The molecule has 0 rings (SSSR count). The number of nitrogens with two attached hydrogens (primary N) is 1. The molecular formula is C13H27N3O2. The zero-order valence-corrected chi connectivity index (χ0v) is 12.0. The summed E-state index contributed by atoms with van der Waals surface area (Å²) in [4.78, 5) is 23.2. The maximum atomic E-state index is 11.6. The normalized spacial score (nSPS) is 12.9. The van der Waals surface area contributed by atoms with Gasteiger partial charge in [0.25, 0.3) is 0 Å². The molecule has 5 nitrogen and oxygen atoms in total. The van der Waals surface area contributed by atoms with Gasteiger partial charge < -0.3 is 16.4 Å². The van der Waals surface area contributed by atoms with Gasteiger partial charge in [-0.3, -0.25) is 9.59 Å². The van der Waals surface area contributed by atoms with Crippen LogP contribution in [0.4, 0.5) is 0 Å². The molecule has 0 aromatic heterocycles. The largest absolute Gasteiger partial charge is 0.359 e. The van der Waals surface area contributed by atoms with Crippen LogP contribution in [0.15, 0.2) is 0 Å². The fourth-order valence-corrected chi connectivity index (χ4v) is 1.63. The molecule has 0 heterocycles. The number of carbonyl (C=O) groups is 2. The van der Waals surface area contributed by atoms with Crippen molar-refractivity contribution in [2.75, 3.05) is 20.1 Å². The molecule has 0 fully saturated rings. The van der Waals surface area contributed by atoms with E-state index in [0.29, 0.717) is 25.4 Å². The van der Waals surface area contributed by atoms with Crippen LogP contribution >= 0.6 is 0 Å². The van der Waals surface area contributed by atoms with Gasteiger partial charge in [0.1, 0.15) is 0 Å². The highest BCUT2D eigenvalue weighted by Crippen LogP contribution is 2.14. The van der Waals surface area contributed by atoms with Crippen LogP contribution in [-0.4, -0.2) is 32.0 Å². The summed E-state index contributed by atoms with van der Waals surface area (Å²) in [5.41, 5.74) is 4.88. The van der Waals surface area contributed by atoms with Crippen LogP contribution in [-0.2, 0) is 9.59 Å². The van der Waals surface area contributed by atoms with Crippen LogP contribution in [0.25, 0.3) is 0 Å². The van der Waals surface area contributed by atoms with Gasteiger partial charge in [0.05, 0.1) is 5.41 Å². The van der Waals surface area contributed by atoms with Crippen LogP contribution in [0.5, 0.6) is 0 Å². The molecule has 0 aliphatic heterocycles. The number of hydrogen-bond acceptors (Lipinski definition) is 3. The number of amides is 2. The minimum atomic E-state index is -0.576. The Balaban J connectivity index is 3.93. The van der Waals surface area contributed by atoms with Gasteiger partial charge >= 0.3 is 0 Å². The SMILES string of the molecule is CNC(=O)C(C)(C)CNC(=O)CCC(C)CCN. The molecular weight excluding hydrogens is 230 g/mol. The summed E-state index contributed by atoms with van der Waals surface area (Å²) < 4.78 is 0. The predicted molar refractivity (Wildman–Crippen MR) is 72.9 cm³/mol. The van der Waals surface area contributed by atoms with Crippen molar-refractivity contribution < 1.29 is 9.59 Å². The van der Waals surface area contributed by atoms with Crippen molar-refractivity contribution in [2.45, 2.75) is 40.0 Å². The first-order chi connectivity index (χ1) is 8.33. The van der Waals surface area contributed by atoms with E-state index < -0.39 is 5.41 Å². The third-order valence-electron chi connectivity index (χ3n) is 3.09. The third-order valence-corrected chi connectivity index (χ3v) is 3.09. The van der Waals surface area contributed by atoms with Crippen molar-refractivity contribution in [1.29, 1.82) is 0 Å². The van der Waals surface area contributed by atoms with E-state index in [4.69, 9.17) is 5.73 Å². The Morgan fingerprint density at radius 2 is 1.89 bits per heavy atom. The van der Waals surface area contributed by atoms with Gasteiger partial charge in [0, 0.05) is 20.0 Å². The predicted octanol–water partition coefficient (Wildman–Crippen LogP) is 0.640. The number of carbonyl (C=O) groups excluding carboxylic acids is 2. The van der Waals surface area contributed by atoms with Crippen molar-refractivity contribution in [3.63, 3.8) is 0 Å². The second kappa shape index (κ2) is 8.08. The minimum Gasteiger partial charge on any atom is -0.359 e. The first-order valence-corrected chi connectivity index (χ1v) is 6.52. The Labute approximate surface area is 110 Å². The first kappa shape index (κ1) is 16.9. The van der Waals surface area contributed by atoms with Gasteiger partial charge in [-0.1, -0.05) is 6.92 Å². The van der Waals surface area contributed by atoms with E-state index in [1.165, 1.54) is 0 Å². The molecule has 5 heteroatoms. The summed E-state index contributed by atoms with van der Waals surface area (Å²) in [5, 5.41) is 5.40. The Morgan fingerprint density at radius 1 is 1.28 bits per heavy atom. The lowest BCUT2D eigenvalue weighted by Crippen LogP contribution is -2.43. The van der Waals surface area contributed by atoms with E-state index in [0.717, 1.165) is 12.8 Å². The summed E-state index contributed by atoms with van der Waals surface area (Å²) in [6.45, 7) is 6.73. The van der Waals surface area contributed by atoms with E-state index in [1.54, 1.807) is 7.05 Å².